The average Bonchev–Trinajstić information content (AvgIpc) is 2.06. The summed E-state index contributed by atoms with van der Waals surface area (Å²) >= 11 is 1.48. The number of carboxylic acid groups (broad SMARTS) is 1. The predicted molar refractivity (Wildman–Crippen MR) is 45.4 cm³/mol. The maximum atomic E-state index is 10.4. The molecule has 0 aromatic carbocycles. The molecule has 1 N–H and O–H groups in total. The molecule has 0 unspecified atom stereocenters. The van der Waals surface area contributed by atoms with Gasteiger partial charge in [-0.05, 0) is 5.75 Å². The van der Waals surface area contributed by atoms with E-state index in [1.807, 2.05) is 6.92 Å². The van der Waals surface area contributed by atoms with Crippen LogP contribution in [0.15, 0.2) is 17.6 Å². The molecule has 1 heterocycles. The minimum absolute atomic E-state index is 0.121. The zero-order valence-corrected chi connectivity index (χ0v) is 7.34. The molecule has 0 spiro atoms. The summed E-state index contributed by atoms with van der Waals surface area (Å²) in [5, 5.41) is 9.13. The molecule has 0 aliphatic heterocycles. The van der Waals surface area contributed by atoms with Crippen LogP contribution in [0.2, 0.25) is 0 Å². The number of aromatic carboxylic acids is 1. The minimum atomic E-state index is -0.997. The molecular formula is C7H8N2O2S. The van der Waals surface area contributed by atoms with E-state index in [0.717, 1.165) is 5.75 Å². The van der Waals surface area contributed by atoms with E-state index in [4.69, 9.17) is 5.11 Å². The van der Waals surface area contributed by atoms with Gasteiger partial charge in [-0.25, -0.2) is 14.8 Å². The van der Waals surface area contributed by atoms with Gasteiger partial charge in [-0.1, -0.05) is 18.7 Å². The Hall–Kier alpha value is -1.10. The van der Waals surface area contributed by atoms with Gasteiger partial charge in [-0.2, -0.15) is 0 Å². The van der Waals surface area contributed by atoms with Crippen LogP contribution in [0, 0.1) is 0 Å². The van der Waals surface area contributed by atoms with E-state index in [2.05, 4.69) is 9.97 Å². The van der Waals surface area contributed by atoms with Gasteiger partial charge >= 0.3 is 5.97 Å². The third-order valence-electron chi connectivity index (χ3n) is 1.15. The summed E-state index contributed by atoms with van der Waals surface area (Å²) in [5.41, 5.74) is 0.121. The highest BCUT2D eigenvalue weighted by molar-refractivity contribution is 7.99. The Morgan fingerprint density at radius 3 is 2.58 bits per heavy atom. The summed E-state index contributed by atoms with van der Waals surface area (Å²) in [7, 11) is 0. The molecule has 0 bridgehead atoms. The van der Waals surface area contributed by atoms with Gasteiger partial charge < -0.3 is 5.11 Å². The third kappa shape index (κ3) is 2.20. The summed E-state index contributed by atoms with van der Waals surface area (Å²) in [5.74, 6) is -0.116. The third-order valence-corrected chi connectivity index (χ3v) is 1.91. The standard InChI is InChI=1S/C7H8N2O2S/c1-2-12-7-8-3-5(4-9-7)6(10)11/h3-4H,2H2,1H3,(H,10,11). The molecule has 5 heteroatoms. The lowest BCUT2D eigenvalue weighted by Crippen LogP contribution is -1.98. The summed E-state index contributed by atoms with van der Waals surface area (Å²) in [4.78, 5) is 18.1. The Morgan fingerprint density at radius 1 is 1.58 bits per heavy atom. The van der Waals surface area contributed by atoms with Crippen molar-refractivity contribution in [3.05, 3.63) is 18.0 Å². The lowest BCUT2D eigenvalue weighted by molar-refractivity contribution is 0.0695. The van der Waals surface area contributed by atoms with E-state index in [1.165, 1.54) is 24.2 Å². The number of carbonyl (C=O) groups is 1. The summed E-state index contributed by atoms with van der Waals surface area (Å²) in [6.07, 6.45) is 2.63. The van der Waals surface area contributed by atoms with Gasteiger partial charge in [0.1, 0.15) is 0 Å². The van der Waals surface area contributed by atoms with E-state index in [1.54, 1.807) is 0 Å². The molecule has 1 aromatic rings. The monoisotopic (exact) mass is 184 g/mol. The molecule has 64 valence electrons. The van der Waals surface area contributed by atoms with Gasteiger partial charge in [-0.15, -0.1) is 0 Å². The first-order valence-electron chi connectivity index (χ1n) is 3.42. The number of hydrogen-bond donors (Lipinski definition) is 1. The molecule has 1 aromatic heterocycles. The number of thioether (sulfide) groups is 1. The molecular weight excluding hydrogens is 176 g/mol. The molecule has 4 nitrogen and oxygen atoms in total. The van der Waals surface area contributed by atoms with Crippen molar-refractivity contribution in [2.24, 2.45) is 0 Å². The number of hydrogen-bond acceptors (Lipinski definition) is 4. The Morgan fingerprint density at radius 2 is 2.17 bits per heavy atom. The van der Waals surface area contributed by atoms with Gasteiger partial charge in [0.25, 0.3) is 0 Å². The van der Waals surface area contributed by atoms with E-state index in [9.17, 15) is 4.79 Å². The smallest absolute Gasteiger partial charge is 0.338 e. The molecule has 0 atom stereocenters. The van der Waals surface area contributed by atoms with Crippen molar-refractivity contribution in [3.63, 3.8) is 0 Å². The average molecular weight is 184 g/mol. The van der Waals surface area contributed by atoms with Crippen molar-refractivity contribution in [2.75, 3.05) is 5.75 Å². The summed E-state index contributed by atoms with van der Waals surface area (Å²) in [6, 6.07) is 0. The lowest BCUT2D eigenvalue weighted by Gasteiger charge is -1.95. The molecule has 12 heavy (non-hydrogen) atoms. The van der Waals surface area contributed by atoms with Crippen molar-refractivity contribution in [1.29, 1.82) is 0 Å². The van der Waals surface area contributed by atoms with Crippen molar-refractivity contribution >= 4 is 17.7 Å². The fraction of sp³-hybridized carbons (Fsp3) is 0.286. The molecule has 0 saturated heterocycles. The van der Waals surface area contributed by atoms with Crippen molar-refractivity contribution < 1.29 is 9.90 Å². The fourth-order valence-electron chi connectivity index (χ4n) is 0.630. The molecule has 1 rings (SSSR count). The van der Waals surface area contributed by atoms with Gasteiger partial charge in [0.05, 0.1) is 5.56 Å². The van der Waals surface area contributed by atoms with Crippen LogP contribution in [0.5, 0.6) is 0 Å². The number of nitrogens with zero attached hydrogens (tertiary/aromatic N) is 2. The van der Waals surface area contributed by atoms with Gasteiger partial charge in [0.15, 0.2) is 5.16 Å². The predicted octanol–water partition coefficient (Wildman–Crippen LogP) is 1.29. The molecule has 0 amide bonds. The quantitative estimate of drug-likeness (QED) is 0.566. The maximum absolute atomic E-state index is 10.4. The highest BCUT2D eigenvalue weighted by Crippen LogP contribution is 2.10. The van der Waals surface area contributed by atoms with Crippen molar-refractivity contribution in [1.82, 2.24) is 9.97 Å². The molecule has 0 aliphatic carbocycles. The normalized spacial score (nSPS) is 9.75. The zero-order chi connectivity index (χ0) is 8.97. The van der Waals surface area contributed by atoms with Crippen LogP contribution in [0.4, 0.5) is 0 Å². The Kier molecular flexibility index (Phi) is 3.04. The van der Waals surface area contributed by atoms with Crippen LogP contribution < -0.4 is 0 Å². The second-order valence-electron chi connectivity index (χ2n) is 1.99. The van der Waals surface area contributed by atoms with E-state index < -0.39 is 5.97 Å². The zero-order valence-electron chi connectivity index (χ0n) is 6.52. The van der Waals surface area contributed by atoms with Crippen LogP contribution in [0.25, 0.3) is 0 Å². The van der Waals surface area contributed by atoms with E-state index >= 15 is 0 Å². The molecule has 0 aliphatic rings. The summed E-state index contributed by atoms with van der Waals surface area (Å²) < 4.78 is 0. The number of carboxylic acids is 1. The Bertz CT molecular complexity index is 273. The molecule has 0 radical (unpaired) electrons. The highest BCUT2D eigenvalue weighted by atomic mass is 32.2. The van der Waals surface area contributed by atoms with Crippen molar-refractivity contribution in [2.45, 2.75) is 12.1 Å². The van der Waals surface area contributed by atoms with Gasteiger partial charge in [0, 0.05) is 12.4 Å². The minimum Gasteiger partial charge on any atom is -0.478 e. The van der Waals surface area contributed by atoms with E-state index in [-0.39, 0.29) is 5.56 Å². The van der Waals surface area contributed by atoms with Crippen LogP contribution in [-0.2, 0) is 0 Å². The van der Waals surface area contributed by atoms with Crippen LogP contribution in [-0.4, -0.2) is 26.8 Å². The maximum Gasteiger partial charge on any atom is 0.338 e. The van der Waals surface area contributed by atoms with Crippen molar-refractivity contribution in [3.8, 4) is 0 Å². The first kappa shape index (κ1) is 8.99. The van der Waals surface area contributed by atoms with Crippen LogP contribution >= 0.6 is 11.8 Å². The molecule has 0 fully saturated rings. The number of rotatable bonds is 3. The second kappa shape index (κ2) is 4.06. The SMILES string of the molecule is CCSc1ncc(C(=O)O)cn1. The Labute approximate surface area is 74.0 Å². The van der Waals surface area contributed by atoms with Crippen LogP contribution in [0.1, 0.15) is 17.3 Å². The first-order chi connectivity index (χ1) is 5.74. The van der Waals surface area contributed by atoms with Crippen LogP contribution in [0.3, 0.4) is 0 Å². The number of aromatic nitrogens is 2. The van der Waals surface area contributed by atoms with Gasteiger partial charge in [0.2, 0.25) is 0 Å². The largest absolute Gasteiger partial charge is 0.478 e. The fourth-order valence-corrected chi connectivity index (χ4v) is 1.14. The Balaban J connectivity index is 2.78. The molecule has 0 saturated carbocycles. The highest BCUT2D eigenvalue weighted by Gasteiger charge is 2.03. The topological polar surface area (TPSA) is 63.1 Å². The lowest BCUT2D eigenvalue weighted by atomic mass is 10.4. The van der Waals surface area contributed by atoms with Gasteiger partial charge in [-0.3, -0.25) is 0 Å². The second-order valence-corrected chi connectivity index (χ2v) is 3.22. The first-order valence-corrected chi connectivity index (χ1v) is 4.40. The summed E-state index contributed by atoms with van der Waals surface area (Å²) in [6.45, 7) is 1.99. The van der Waals surface area contributed by atoms with E-state index in [0.29, 0.717) is 5.16 Å².